The number of aliphatic carboxylic acids is 1. The minimum Gasteiger partial charge on any atom is -0.480 e. The molecule has 2 aromatic rings. The van der Waals surface area contributed by atoms with Gasteiger partial charge in [-0.3, -0.25) is 44.2 Å². The van der Waals surface area contributed by atoms with Crippen LogP contribution in [0.5, 0.6) is 0 Å². The van der Waals surface area contributed by atoms with Gasteiger partial charge in [-0.2, -0.15) is 0 Å². The molecule has 1 atom stereocenters. The van der Waals surface area contributed by atoms with Crippen molar-refractivity contribution in [1.29, 1.82) is 0 Å². The molecule has 2 bridgehead atoms. The highest BCUT2D eigenvalue weighted by molar-refractivity contribution is 5.73. The van der Waals surface area contributed by atoms with E-state index in [9.17, 15) is 29.6 Å². The number of fused-ring (bicyclic) bond motifs is 2. The first-order chi connectivity index (χ1) is 19.2. The lowest BCUT2D eigenvalue weighted by Gasteiger charge is -2.34. The third kappa shape index (κ3) is 9.36. The Balaban J connectivity index is 1.85. The van der Waals surface area contributed by atoms with Gasteiger partial charge in [0.15, 0.2) is 0 Å². The molecule has 1 N–H and O–H groups in total. The van der Waals surface area contributed by atoms with Gasteiger partial charge in [-0.25, -0.2) is 0 Å². The quantitative estimate of drug-likeness (QED) is 0.254. The van der Waals surface area contributed by atoms with E-state index < -0.39 is 28.9 Å². The van der Waals surface area contributed by atoms with Gasteiger partial charge in [0.2, 0.25) is 0 Å². The number of pyridine rings is 1. The van der Waals surface area contributed by atoms with Crippen molar-refractivity contribution in [3.05, 3.63) is 69.5 Å². The number of carbonyl (C=O) groups is 3. The molecule has 0 aliphatic carbocycles. The van der Waals surface area contributed by atoms with E-state index in [-0.39, 0.29) is 25.2 Å². The van der Waals surface area contributed by atoms with E-state index in [0.29, 0.717) is 45.7 Å². The van der Waals surface area contributed by atoms with E-state index in [1.165, 1.54) is 26.4 Å². The van der Waals surface area contributed by atoms with Gasteiger partial charge in [-0.15, -0.1) is 0 Å². The molecule has 0 fully saturated rings. The fourth-order valence-corrected chi connectivity index (χ4v) is 4.60. The number of aromatic nitrogens is 1. The summed E-state index contributed by atoms with van der Waals surface area (Å²) in [4.78, 5) is 57.5. The average Bonchev–Trinajstić information content (AvgIpc) is 2.93. The van der Waals surface area contributed by atoms with Crippen molar-refractivity contribution >= 4 is 23.6 Å². The topological polar surface area (TPSA) is 156 Å². The molecule has 1 aliphatic rings. The largest absolute Gasteiger partial charge is 0.480 e. The smallest absolute Gasteiger partial charge is 0.320 e. The van der Waals surface area contributed by atoms with Crippen LogP contribution in [0.15, 0.2) is 42.5 Å². The molecule has 1 unspecified atom stereocenters. The first-order valence-corrected chi connectivity index (χ1v) is 12.9. The van der Waals surface area contributed by atoms with Crippen LogP contribution in [0.2, 0.25) is 0 Å². The van der Waals surface area contributed by atoms with Crippen LogP contribution in [0.1, 0.15) is 23.4 Å². The van der Waals surface area contributed by atoms with Crippen LogP contribution in [0.3, 0.4) is 0 Å². The zero-order valence-corrected chi connectivity index (χ0v) is 22.7. The maximum atomic E-state index is 12.5. The summed E-state index contributed by atoms with van der Waals surface area (Å²) in [5, 5.41) is 21.2. The van der Waals surface area contributed by atoms with Crippen LogP contribution in [0.4, 0.5) is 5.69 Å². The Bertz CT molecular complexity index is 1130. The number of non-ortho nitro benzene ring substituents is 1. The number of ether oxygens (including phenoxy) is 2. The second kappa shape index (κ2) is 15.0. The molecular weight excluding hydrogens is 522 g/mol. The van der Waals surface area contributed by atoms with E-state index >= 15 is 0 Å². The molecule has 0 saturated carbocycles. The van der Waals surface area contributed by atoms with E-state index in [1.54, 1.807) is 12.1 Å². The van der Waals surface area contributed by atoms with Gasteiger partial charge in [-0.05, 0) is 30.5 Å². The Morgan fingerprint density at radius 1 is 0.925 bits per heavy atom. The second-order valence-corrected chi connectivity index (χ2v) is 9.55. The van der Waals surface area contributed by atoms with E-state index in [0.717, 1.165) is 17.0 Å². The number of aryl methyl sites for hydroxylation is 1. The van der Waals surface area contributed by atoms with E-state index in [2.05, 4.69) is 0 Å². The third-order valence-corrected chi connectivity index (χ3v) is 6.78. The highest BCUT2D eigenvalue weighted by Gasteiger charge is 2.28. The number of rotatable bonds is 10. The molecule has 3 rings (SSSR count). The lowest BCUT2D eigenvalue weighted by atomic mass is 10.0. The monoisotopic (exact) mass is 557 g/mol. The maximum Gasteiger partial charge on any atom is 0.320 e. The van der Waals surface area contributed by atoms with Gasteiger partial charge < -0.3 is 14.6 Å². The molecular formula is C27H35N5O8. The first kappa shape index (κ1) is 30.6. The van der Waals surface area contributed by atoms with Crippen molar-refractivity contribution < 1.29 is 33.9 Å². The molecule has 0 saturated heterocycles. The number of carboxylic acids is 1. The Hall–Kier alpha value is -3.94. The summed E-state index contributed by atoms with van der Waals surface area (Å²) in [5.41, 5.74) is 2.23. The Kier molecular flexibility index (Phi) is 11.5. The maximum absolute atomic E-state index is 12.5. The van der Waals surface area contributed by atoms with Crippen LogP contribution < -0.4 is 0 Å². The Morgan fingerprint density at radius 3 is 1.90 bits per heavy atom. The molecule has 1 aliphatic heterocycles. The number of nitrogens with zero attached hydrogens (tertiary/aromatic N) is 5. The molecule has 13 heteroatoms. The van der Waals surface area contributed by atoms with Crippen molar-refractivity contribution in [2.75, 3.05) is 53.5 Å². The van der Waals surface area contributed by atoms with Crippen molar-refractivity contribution in [2.24, 2.45) is 0 Å². The van der Waals surface area contributed by atoms with Gasteiger partial charge in [0, 0.05) is 51.4 Å². The molecule has 13 nitrogen and oxygen atoms in total. The number of carboxylic acid groups (broad SMARTS) is 1. The van der Waals surface area contributed by atoms with Crippen LogP contribution in [-0.2, 0) is 43.4 Å². The van der Waals surface area contributed by atoms with Crippen LogP contribution in [0, 0.1) is 10.1 Å². The molecule has 0 radical (unpaired) electrons. The SMILES string of the molecule is COC(=O)CN1CCN(C(CCc2ccc([N+](=O)[O-])cc2)C(=O)O)CCN(CC(=O)OC)Cc2cccc(n2)C1. The summed E-state index contributed by atoms with van der Waals surface area (Å²) in [5.74, 6) is -1.82. The zero-order valence-electron chi connectivity index (χ0n) is 22.7. The fourth-order valence-electron chi connectivity index (χ4n) is 4.60. The number of esters is 2. The molecule has 0 spiro atoms. The van der Waals surface area contributed by atoms with Crippen LogP contribution in [0.25, 0.3) is 0 Å². The first-order valence-electron chi connectivity index (χ1n) is 12.9. The van der Waals surface area contributed by atoms with Crippen LogP contribution in [-0.4, -0.2) is 107 Å². The predicted molar refractivity (Wildman–Crippen MR) is 143 cm³/mol. The lowest BCUT2D eigenvalue weighted by molar-refractivity contribution is -0.384. The summed E-state index contributed by atoms with van der Waals surface area (Å²) < 4.78 is 9.73. The lowest BCUT2D eigenvalue weighted by Crippen LogP contribution is -2.49. The van der Waals surface area contributed by atoms with Crippen LogP contribution >= 0.6 is 0 Å². The average molecular weight is 558 g/mol. The molecule has 1 aromatic heterocycles. The number of nitro benzene ring substituents is 1. The number of nitro groups is 1. The number of carbonyl (C=O) groups excluding carboxylic acids is 2. The normalized spacial score (nSPS) is 16.2. The number of benzene rings is 1. The van der Waals surface area contributed by atoms with Gasteiger partial charge in [0.05, 0.1) is 43.6 Å². The molecule has 1 aromatic carbocycles. The predicted octanol–water partition coefficient (Wildman–Crippen LogP) is 1.34. The zero-order chi connectivity index (χ0) is 29.1. The highest BCUT2D eigenvalue weighted by atomic mass is 16.6. The van der Waals surface area contributed by atoms with Gasteiger partial charge in [0.25, 0.3) is 5.69 Å². The fraction of sp³-hybridized carbons (Fsp3) is 0.481. The molecule has 216 valence electrons. The van der Waals surface area contributed by atoms with E-state index in [1.807, 2.05) is 32.9 Å². The van der Waals surface area contributed by atoms with Gasteiger partial charge in [0.1, 0.15) is 6.04 Å². The summed E-state index contributed by atoms with van der Waals surface area (Å²) in [6, 6.07) is 10.8. The third-order valence-electron chi connectivity index (χ3n) is 6.78. The summed E-state index contributed by atoms with van der Waals surface area (Å²) >= 11 is 0. The molecule has 40 heavy (non-hydrogen) atoms. The van der Waals surface area contributed by atoms with Crippen molar-refractivity contribution in [3.63, 3.8) is 0 Å². The molecule has 0 amide bonds. The van der Waals surface area contributed by atoms with Crippen molar-refractivity contribution in [2.45, 2.75) is 32.0 Å². The highest BCUT2D eigenvalue weighted by Crippen LogP contribution is 2.17. The standard InChI is InChI=1S/C27H35N5O8/c1-39-25(33)18-29-12-14-31(24(27(35)36)11-8-20-6-9-23(10-7-20)32(37)38)15-13-30(19-26(34)40-2)17-22-5-3-4-21(16-29)28-22/h3-7,9-10,24H,8,11-19H2,1-2H3,(H,35,36). The number of hydrogen-bond donors (Lipinski definition) is 1. The summed E-state index contributed by atoms with van der Waals surface area (Å²) in [6.07, 6.45) is 0.666. The second-order valence-electron chi connectivity index (χ2n) is 9.55. The number of methoxy groups -OCH3 is 2. The minimum absolute atomic E-state index is 0.0191. The Labute approximate surface area is 232 Å². The number of hydrogen-bond acceptors (Lipinski definition) is 11. The van der Waals surface area contributed by atoms with Gasteiger partial charge >= 0.3 is 17.9 Å². The molecule has 2 heterocycles. The van der Waals surface area contributed by atoms with E-state index in [4.69, 9.17) is 14.5 Å². The van der Waals surface area contributed by atoms with Gasteiger partial charge in [-0.1, -0.05) is 18.2 Å². The van der Waals surface area contributed by atoms with Crippen molar-refractivity contribution in [3.8, 4) is 0 Å². The Morgan fingerprint density at radius 2 is 1.45 bits per heavy atom. The summed E-state index contributed by atoms with van der Waals surface area (Å²) in [7, 11) is 2.64. The summed E-state index contributed by atoms with van der Waals surface area (Å²) in [6.45, 7) is 2.16. The van der Waals surface area contributed by atoms with Crippen molar-refractivity contribution in [1.82, 2.24) is 19.7 Å². The minimum atomic E-state index is -1.00.